The molecule has 3 rings (SSSR count). The Labute approximate surface area is 117 Å². The Hall–Kier alpha value is -2.23. The number of benzene rings is 2. The van der Waals surface area contributed by atoms with E-state index in [4.69, 9.17) is 10.5 Å². The molecule has 3 nitrogen and oxygen atoms in total. The number of methoxy groups -OCH3 is 1. The van der Waals surface area contributed by atoms with E-state index >= 15 is 0 Å². The molecular formula is C16H17FN2O. The Kier molecular flexibility index (Phi) is 3.22. The van der Waals surface area contributed by atoms with Crippen LogP contribution < -0.4 is 15.8 Å². The van der Waals surface area contributed by atoms with Gasteiger partial charge < -0.3 is 15.8 Å². The minimum Gasteiger partial charge on any atom is -0.495 e. The van der Waals surface area contributed by atoms with Crippen molar-refractivity contribution in [2.75, 3.05) is 18.2 Å². The monoisotopic (exact) mass is 272 g/mol. The molecule has 2 aromatic carbocycles. The minimum atomic E-state index is -0.385. The molecule has 1 aliphatic carbocycles. The Morgan fingerprint density at radius 2 is 1.95 bits per heavy atom. The lowest BCUT2D eigenvalue weighted by Gasteiger charge is -2.12. The number of hydrogen-bond donors (Lipinski definition) is 2. The predicted molar refractivity (Wildman–Crippen MR) is 79.1 cm³/mol. The second-order valence-corrected chi connectivity index (χ2v) is 5.04. The van der Waals surface area contributed by atoms with Gasteiger partial charge in [-0.3, -0.25) is 0 Å². The molecule has 0 bridgehead atoms. The third-order valence-electron chi connectivity index (χ3n) is 3.70. The maximum atomic E-state index is 13.9. The number of nitrogens with one attached hydrogen (secondary N) is 1. The third-order valence-corrected chi connectivity index (χ3v) is 3.70. The van der Waals surface area contributed by atoms with Crippen LogP contribution in [0.1, 0.15) is 17.5 Å². The van der Waals surface area contributed by atoms with Gasteiger partial charge in [0.05, 0.1) is 18.5 Å². The number of nitrogen functional groups attached to an aromatic ring is 1. The average molecular weight is 272 g/mol. The van der Waals surface area contributed by atoms with Gasteiger partial charge in [0.2, 0.25) is 0 Å². The molecule has 1 aliphatic rings. The molecule has 3 N–H and O–H groups in total. The minimum absolute atomic E-state index is 0.296. The van der Waals surface area contributed by atoms with Crippen molar-refractivity contribution >= 4 is 17.1 Å². The number of anilines is 3. The SMILES string of the molecule is COc1cc(Nc2ccc3c(c2)CCC3)c(F)cc1N. The Balaban J connectivity index is 1.91. The number of aryl methyl sites for hydroxylation is 2. The zero-order chi connectivity index (χ0) is 14.1. The van der Waals surface area contributed by atoms with Crippen molar-refractivity contribution in [3.05, 3.63) is 47.3 Å². The van der Waals surface area contributed by atoms with Crippen LogP contribution in [-0.2, 0) is 12.8 Å². The molecule has 0 heterocycles. The first-order valence-electron chi connectivity index (χ1n) is 6.69. The Morgan fingerprint density at radius 1 is 1.15 bits per heavy atom. The summed E-state index contributed by atoms with van der Waals surface area (Å²) in [6, 6.07) is 9.03. The lowest BCUT2D eigenvalue weighted by Crippen LogP contribution is -1.99. The molecule has 0 atom stereocenters. The van der Waals surface area contributed by atoms with E-state index in [2.05, 4.69) is 17.4 Å². The summed E-state index contributed by atoms with van der Waals surface area (Å²) >= 11 is 0. The van der Waals surface area contributed by atoms with Crippen LogP contribution in [0.15, 0.2) is 30.3 Å². The van der Waals surface area contributed by atoms with Crippen LogP contribution >= 0.6 is 0 Å². The van der Waals surface area contributed by atoms with Gasteiger partial charge in [-0.25, -0.2) is 4.39 Å². The zero-order valence-electron chi connectivity index (χ0n) is 11.4. The first-order valence-corrected chi connectivity index (χ1v) is 6.69. The van der Waals surface area contributed by atoms with E-state index in [1.165, 1.54) is 30.7 Å². The molecular weight excluding hydrogens is 255 g/mol. The summed E-state index contributed by atoms with van der Waals surface area (Å²) in [5.74, 6) is 0.0823. The largest absolute Gasteiger partial charge is 0.495 e. The Bertz CT molecular complexity index is 655. The summed E-state index contributed by atoms with van der Waals surface area (Å²) in [7, 11) is 1.52. The van der Waals surface area contributed by atoms with Crippen LogP contribution in [0.5, 0.6) is 5.75 Å². The van der Waals surface area contributed by atoms with Gasteiger partial charge in [-0.1, -0.05) is 6.07 Å². The number of rotatable bonds is 3. The third kappa shape index (κ3) is 2.29. The molecule has 0 spiro atoms. The number of ether oxygens (including phenoxy) is 1. The molecule has 104 valence electrons. The van der Waals surface area contributed by atoms with Gasteiger partial charge in [-0.2, -0.15) is 0 Å². The molecule has 20 heavy (non-hydrogen) atoms. The van der Waals surface area contributed by atoms with E-state index in [1.54, 1.807) is 6.07 Å². The highest BCUT2D eigenvalue weighted by Crippen LogP contribution is 2.31. The van der Waals surface area contributed by atoms with E-state index < -0.39 is 0 Å². The summed E-state index contributed by atoms with van der Waals surface area (Å²) in [5, 5.41) is 3.09. The van der Waals surface area contributed by atoms with Crippen LogP contribution in [0.4, 0.5) is 21.5 Å². The molecule has 0 unspecified atom stereocenters. The maximum absolute atomic E-state index is 13.9. The second-order valence-electron chi connectivity index (χ2n) is 5.04. The number of hydrogen-bond acceptors (Lipinski definition) is 3. The van der Waals surface area contributed by atoms with E-state index in [0.29, 0.717) is 17.1 Å². The zero-order valence-corrected chi connectivity index (χ0v) is 11.4. The highest BCUT2D eigenvalue weighted by Gasteiger charge is 2.12. The normalized spacial score (nSPS) is 13.1. The number of nitrogens with two attached hydrogens (primary N) is 1. The lowest BCUT2D eigenvalue weighted by molar-refractivity contribution is 0.416. The fourth-order valence-electron chi connectivity index (χ4n) is 2.65. The van der Waals surface area contributed by atoms with Gasteiger partial charge in [0.25, 0.3) is 0 Å². The fraction of sp³-hybridized carbons (Fsp3) is 0.250. The van der Waals surface area contributed by atoms with E-state index in [-0.39, 0.29) is 5.82 Å². The average Bonchev–Trinajstić information content (AvgIpc) is 2.89. The first kappa shape index (κ1) is 12.8. The van der Waals surface area contributed by atoms with Crippen molar-refractivity contribution in [2.24, 2.45) is 0 Å². The van der Waals surface area contributed by atoms with Crippen LogP contribution in [0.2, 0.25) is 0 Å². The molecule has 0 fully saturated rings. The highest BCUT2D eigenvalue weighted by atomic mass is 19.1. The van der Waals surface area contributed by atoms with Crippen molar-refractivity contribution in [2.45, 2.75) is 19.3 Å². The summed E-state index contributed by atoms with van der Waals surface area (Å²) < 4.78 is 19.0. The van der Waals surface area contributed by atoms with Crippen LogP contribution in [0.3, 0.4) is 0 Å². The van der Waals surface area contributed by atoms with E-state index in [0.717, 1.165) is 18.5 Å². The van der Waals surface area contributed by atoms with E-state index in [9.17, 15) is 4.39 Å². The van der Waals surface area contributed by atoms with Crippen molar-refractivity contribution in [3.63, 3.8) is 0 Å². The predicted octanol–water partition coefficient (Wildman–Crippen LogP) is 3.65. The molecule has 0 amide bonds. The molecule has 0 aliphatic heterocycles. The quantitative estimate of drug-likeness (QED) is 0.838. The standard InChI is InChI=1S/C16H17FN2O/c1-20-16-9-15(13(17)8-14(16)18)19-12-6-5-10-3-2-4-11(10)7-12/h5-9,19H,2-4,18H2,1H3. The second kappa shape index (κ2) is 5.04. The van der Waals surface area contributed by atoms with Crippen LogP contribution in [0.25, 0.3) is 0 Å². The molecule has 4 heteroatoms. The summed E-state index contributed by atoms with van der Waals surface area (Å²) in [6.07, 6.45) is 3.43. The van der Waals surface area contributed by atoms with Crippen molar-refractivity contribution in [3.8, 4) is 5.75 Å². The van der Waals surface area contributed by atoms with E-state index in [1.807, 2.05) is 6.07 Å². The van der Waals surface area contributed by atoms with Gasteiger partial charge in [0, 0.05) is 17.8 Å². The molecule has 0 aromatic heterocycles. The van der Waals surface area contributed by atoms with Crippen molar-refractivity contribution < 1.29 is 9.13 Å². The lowest BCUT2D eigenvalue weighted by atomic mass is 10.1. The van der Waals surface area contributed by atoms with Gasteiger partial charge >= 0.3 is 0 Å². The van der Waals surface area contributed by atoms with Crippen LogP contribution in [-0.4, -0.2) is 7.11 Å². The summed E-state index contributed by atoms with van der Waals surface area (Å²) in [4.78, 5) is 0. The maximum Gasteiger partial charge on any atom is 0.148 e. The number of halogens is 1. The van der Waals surface area contributed by atoms with Gasteiger partial charge in [-0.15, -0.1) is 0 Å². The molecule has 0 radical (unpaired) electrons. The molecule has 2 aromatic rings. The van der Waals surface area contributed by atoms with Gasteiger partial charge in [0.15, 0.2) is 0 Å². The smallest absolute Gasteiger partial charge is 0.148 e. The summed E-state index contributed by atoms with van der Waals surface area (Å²) in [5.41, 5.74) is 9.97. The molecule has 0 saturated heterocycles. The number of fused-ring (bicyclic) bond motifs is 1. The van der Waals surface area contributed by atoms with Crippen molar-refractivity contribution in [1.29, 1.82) is 0 Å². The fourth-order valence-corrected chi connectivity index (χ4v) is 2.65. The topological polar surface area (TPSA) is 47.3 Å². The molecule has 0 saturated carbocycles. The van der Waals surface area contributed by atoms with Gasteiger partial charge in [-0.05, 0) is 42.5 Å². The Morgan fingerprint density at radius 3 is 2.75 bits per heavy atom. The van der Waals surface area contributed by atoms with Gasteiger partial charge in [0.1, 0.15) is 11.6 Å². The van der Waals surface area contributed by atoms with Crippen LogP contribution in [0, 0.1) is 5.82 Å². The first-order chi connectivity index (χ1) is 9.67. The van der Waals surface area contributed by atoms with Crippen molar-refractivity contribution in [1.82, 2.24) is 0 Å². The highest BCUT2D eigenvalue weighted by molar-refractivity contribution is 5.68. The summed E-state index contributed by atoms with van der Waals surface area (Å²) in [6.45, 7) is 0.